The predicted molar refractivity (Wildman–Crippen MR) is 52.8 cm³/mol. The van der Waals surface area contributed by atoms with Crippen LogP contribution < -0.4 is 9.47 Å². The molecule has 1 atom stereocenters. The van der Waals surface area contributed by atoms with Gasteiger partial charge in [0.05, 0.1) is 6.10 Å². The van der Waals surface area contributed by atoms with Gasteiger partial charge in [0, 0.05) is 0 Å². The largest absolute Gasteiger partial charge is 0.486 e. The Bertz CT molecular complexity index is 320. The molecular formula is C11H14O3. The number of fused-ring (bicyclic) bond motifs is 1. The van der Waals surface area contributed by atoms with Crippen LogP contribution in [-0.2, 0) is 6.42 Å². The summed E-state index contributed by atoms with van der Waals surface area (Å²) in [6.45, 7) is 2.99. The monoisotopic (exact) mass is 194 g/mol. The highest BCUT2D eigenvalue weighted by molar-refractivity contribution is 5.43. The Morgan fingerprint density at radius 3 is 2.71 bits per heavy atom. The Hall–Kier alpha value is -1.22. The summed E-state index contributed by atoms with van der Waals surface area (Å²) >= 11 is 0. The van der Waals surface area contributed by atoms with Crippen molar-refractivity contribution in [3.63, 3.8) is 0 Å². The van der Waals surface area contributed by atoms with Crippen LogP contribution in [-0.4, -0.2) is 24.4 Å². The number of hydrogen-bond acceptors (Lipinski definition) is 3. The van der Waals surface area contributed by atoms with Gasteiger partial charge in [-0.2, -0.15) is 0 Å². The molecule has 1 aromatic rings. The molecule has 76 valence electrons. The van der Waals surface area contributed by atoms with E-state index < -0.39 is 0 Å². The molecule has 0 saturated heterocycles. The minimum absolute atomic E-state index is 0.322. The second kappa shape index (κ2) is 3.88. The van der Waals surface area contributed by atoms with Crippen LogP contribution in [0.15, 0.2) is 18.2 Å². The predicted octanol–water partition coefficient (Wildman–Crippen LogP) is 1.38. The molecule has 0 fully saturated rings. The summed E-state index contributed by atoms with van der Waals surface area (Å²) in [6.07, 6.45) is 0.328. The zero-order valence-electron chi connectivity index (χ0n) is 8.19. The zero-order chi connectivity index (χ0) is 9.97. The average molecular weight is 194 g/mol. The normalized spacial score (nSPS) is 16.4. The third-order valence-electron chi connectivity index (χ3n) is 2.14. The fourth-order valence-electron chi connectivity index (χ4n) is 1.56. The van der Waals surface area contributed by atoms with Crippen LogP contribution in [0, 0.1) is 0 Å². The van der Waals surface area contributed by atoms with Crippen molar-refractivity contribution in [2.75, 3.05) is 13.2 Å². The van der Waals surface area contributed by atoms with Gasteiger partial charge in [0.1, 0.15) is 13.2 Å². The standard InChI is InChI=1S/C11H14O3/c1-8(12)6-9-2-3-10-11(7-9)14-5-4-13-10/h2-3,7-8,12H,4-6H2,1H3/t8-/m1/s1. The van der Waals surface area contributed by atoms with Crippen LogP contribution in [0.5, 0.6) is 11.5 Å². The van der Waals surface area contributed by atoms with Gasteiger partial charge in [-0.15, -0.1) is 0 Å². The van der Waals surface area contributed by atoms with Gasteiger partial charge in [0.15, 0.2) is 11.5 Å². The fraction of sp³-hybridized carbons (Fsp3) is 0.455. The second-order valence-corrected chi connectivity index (χ2v) is 3.53. The van der Waals surface area contributed by atoms with E-state index >= 15 is 0 Å². The van der Waals surface area contributed by atoms with E-state index in [1.165, 1.54) is 0 Å². The van der Waals surface area contributed by atoms with E-state index in [1.54, 1.807) is 6.92 Å². The number of benzene rings is 1. The molecule has 2 rings (SSSR count). The summed E-state index contributed by atoms with van der Waals surface area (Å²) in [5, 5.41) is 9.24. The number of aliphatic hydroxyl groups is 1. The molecule has 0 aliphatic carbocycles. The molecule has 0 bridgehead atoms. The first-order valence-corrected chi connectivity index (χ1v) is 4.82. The van der Waals surface area contributed by atoms with Crippen molar-refractivity contribution in [1.82, 2.24) is 0 Å². The van der Waals surface area contributed by atoms with E-state index in [2.05, 4.69) is 0 Å². The molecule has 0 aromatic heterocycles. The lowest BCUT2D eigenvalue weighted by Gasteiger charge is -2.19. The van der Waals surface area contributed by atoms with E-state index in [9.17, 15) is 5.11 Å². The molecular weight excluding hydrogens is 180 g/mol. The lowest BCUT2D eigenvalue weighted by molar-refractivity contribution is 0.170. The van der Waals surface area contributed by atoms with Crippen molar-refractivity contribution in [2.45, 2.75) is 19.4 Å². The van der Waals surface area contributed by atoms with Crippen molar-refractivity contribution < 1.29 is 14.6 Å². The lowest BCUT2D eigenvalue weighted by Crippen LogP contribution is -2.15. The Morgan fingerprint density at radius 2 is 2.00 bits per heavy atom. The molecule has 1 aliphatic heterocycles. The minimum Gasteiger partial charge on any atom is -0.486 e. The molecule has 0 amide bonds. The van der Waals surface area contributed by atoms with Crippen LogP contribution in [0.3, 0.4) is 0 Å². The molecule has 1 heterocycles. The van der Waals surface area contributed by atoms with Crippen molar-refractivity contribution in [3.8, 4) is 11.5 Å². The van der Waals surface area contributed by atoms with Gasteiger partial charge in [-0.1, -0.05) is 6.07 Å². The molecule has 3 nitrogen and oxygen atoms in total. The molecule has 0 unspecified atom stereocenters. The van der Waals surface area contributed by atoms with Gasteiger partial charge in [0.25, 0.3) is 0 Å². The second-order valence-electron chi connectivity index (χ2n) is 3.53. The zero-order valence-corrected chi connectivity index (χ0v) is 8.19. The molecule has 0 saturated carbocycles. The topological polar surface area (TPSA) is 38.7 Å². The summed E-state index contributed by atoms with van der Waals surface area (Å²) in [7, 11) is 0. The molecule has 1 N–H and O–H groups in total. The quantitative estimate of drug-likeness (QED) is 0.773. The van der Waals surface area contributed by atoms with Crippen molar-refractivity contribution in [1.29, 1.82) is 0 Å². The number of aliphatic hydroxyl groups excluding tert-OH is 1. The maximum atomic E-state index is 9.24. The van der Waals surface area contributed by atoms with Gasteiger partial charge < -0.3 is 14.6 Å². The van der Waals surface area contributed by atoms with Gasteiger partial charge in [-0.3, -0.25) is 0 Å². The summed E-state index contributed by atoms with van der Waals surface area (Å²) in [5.74, 6) is 1.58. The number of hydrogen-bond donors (Lipinski definition) is 1. The summed E-state index contributed by atoms with van der Waals surface area (Å²) in [5.41, 5.74) is 1.07. The van der Waals surface area contributed by atoms with Crippen molar-refractivity contribution >= 4 is 0 Å². The highest BCUT2D eigenvalue weighted by Gasteiger charge is 2.11. The maximum Gasteiger partial charge on any atom is 0.161 e. The van der Waals surface area contributed by atoms with E-state index in [0.717, 1.165) is 17.1 Å². The Labute approximate surface area is 83.3 Å². The smallest absolute Gasteiger partial charge is 0.161 e. The average Bonchev–Trinajstić information content (AvgIpc) is 2.17. The van der Waals surface area contributed by atoms with Crippen LogP contribution in [0.25, 0.3) is 0 Å². The first-order valence-electron chi connectivity index (χ1n) is 4.82. The third kappa shape index (κ3) is 1.99. The maximum absolute atomic E-state index is 9.24. The molecule has 14 heavy (non-hydrogen) atoms. The number of ether oxygens (including phenoxy) is 2. The van der Waals surface area contributed by atoms with Gasteiger partial charge in [0.2, 0.25) is 0 Å². The van der Waals surface area contributed by atoms with E-state index in [-0.39, 0.29) is 6.10 Å². The van der Waals surface area contributed by atoms with Crippen molar-refractivity contribution in [2.24, 2.45) is 0 Å². The summed E-state index contributed by atoms with van der Waals surface area (Å²) in [6, 6.07) is 5.79. The Kier molecular flexibility index (Phi) is 2.59. The number of rotatable bonds is 2. The first kappa shape index (κ1) is 9.34. The third-order valence-corrected chi connectivity index (χ3v) is 2.14. The summed E-state index contributed by atoms with van der Waals surface area (Å²) < 4.78 is 10.8. The molecule has 1 aliphatic rings. The lowest BCUT2D eigenvalue weighted by atomic mass is 10.1. The molecule has 3 heteroatoms. The first-order chi connectivity index (χ1) is 6.75. The highest BCUT2D eigenvalue weighted by Crippen LogP contribution is 2.30. The Morgan fingerprint density at radius 1 is 1.29 bits per heavy atom. The van der Waals surface area contributed by atoms with Gasteiger partial charge in [-0.05, 0) is 31.0 Å². The van der Waals surface area contributed by atoms with Gasteiger partial charge in [-0.25, -0.2) is 0 Å². The highest BCUT2D eigenvalue weighted by atomic mass is 16.6. The van der Waals surface area contributed by atoms with Gasteiger partial charge >= 0.3 is 0 Å². The molecule has 1 aromatic carbocycles. The Balaban J connectivity index is 2.20. The van der Waals surface area contributed by atoms with E-state index in [0.29, 0.717) is 19.6 Å². The molecule has 0 spiro atoms. The fourth-order valence-corrected chi connectivity index (χ4v) is 1.56. The van der Waals surface area contributed by atoms with Crippen LogP contribution in [0.4, 0.5) is 0 Å². The molecule has 0 radical (unpaired) electrons. The van der Waals surface area contributed by atoms with E-state index in [4.69, 9.17) is 9.47 Å². The van der Waals surface area contributed by atoms with Crippen LogP contribution >= 0.6 is 0 Å². The van der Waals surface area contributed by atoms with Crippen LogP contribution in [0.1, 0.15) is 12.5 Å². The SMILES string of the molecule is C[C@@H](O)Cc1ccc2c(c1)OCCO2. The minimum atomic E-state index is -0.322. The summed E-state index contributed by atoms with van der Waals surface area (Å²) in [4.78, 5) is 0. The van der Waals surface area contributed by atoms with E-state index in [1.807, 2.05) is 18.2 Å². The van der Waals surface area contributed by atoms with Crippen LogP contribution in [0.2, 0.25) is 0 Å². The van der Waals surface area contributed by atoms with Crippen molar-refractivity contribution in [3.05, 3.63) is 23.8 Å².